The number of thioether (sulfide) groups is 1. The molecule has 6 rings (SSSR count). The highest BCUT2D eigenvalue weighted by Gasteiger charge is 2.57. The Morgan fingerprint density at radius 1 is 0.953 bits per heavy atom. The molecule has 3 atom stereocenters. The highest BCUT2D eigenvalue weighted by atomic mass is 79.9. The number of amides is 3. The molecule has 3 aromatic carbocycles. The Morgan fingerprint density at radius 3 is 2.33 bits per heavy atom. The molecule has 13 heteroatoms. The van der Waals surface area contributed by atoms with Crippen molar-refractivity contribution in [3.05, 3.63) is 109 Å². The van der Waals surface area contributed by atoms with Crippen LogP contribution >= 0.6 is 39.0 Å². The highest BCUT2D eigenvalue weighted by Crippen LogP contribution is 2.54. The third-order valence-corrected chi connectivity index (χ3v) is 10.6. The molecule has 1 aromatic heterocycles. The third kappa shape index (κ3) is 5.23. The largest absolute Gasteiger partial charge is 0.418 e. The van der Waals surface area contributed by atoms with E-state index in [2.05, 4.69) is 21.2 Å². The van der Waals surface area contributed by atoms with Gasteiger partial charge in [-0.2, -0.15) is 13.2 Å². The van der Waals surface area contributed by atoms with Gasteiger partial charge in [0.25, 0.3) is 0 Å². The molecule has 1 N–H and O–H groups in total. The minimum Gasteiger partial charge on any atom is -0.324 e. The number of thiazole rings is 1. The molecule has 3 heterocycles. The second kappa shape index (κ2) is 11.1. The van der Waals surface area contributed by atoms with Gasteiger partial charge in [0, 0.05) is 21.0 Å². The van der Waals surface area contributed by atoms with Gasteiger partial charge in [-0.05, 0) is 48.4 Å². The Hall–Kier alpha value is -3.68. The topological polar surface area (TPSA) is 88.5 Å². The Balaban J connectivity index is 1.44. The van der Waals surface area contributed by atoms with E-state index < -0.39 is 57.1 Å². The van der Waals surface area contributed by atoms with Crippen molar-refractivity contribution in [1.29, 1.82) is 0 Å². The molecule has 220 valence electrons. The molecule has 3 amide bonds. The molecule has 43 heavy (non-hydrogen) atoms. The van der Waals surface area contributed by atoms with Gasteiger partial charge in [0.2, 0.25) is 17.7 Å². The zero-order chi connectivity index (χ0) is 30.6. The molecular weight excluding hydrogens is 667 g/mol. The number of hydrogen-bond donors (Lipinski definition) is 1. The van der Waals surface area contributed by atoms with E-state index in [0.29, 0.717) is 26.1 Å². The molecule has 0 radical (unpaired) electrons. The summed E-state index contributed by atoms with van der Waals surface area (Å²) in [6.07, 6.45) is -4.80. The fourth-order valence-electron chi connectivity index (χ4n) is 5.48. The molecule has 4 aromatic rings. The van der Waals surface area contributed by atoms with E-state index in [0.717, 1.165) is 45.3 Å². The number of hydrogen-bond acceptors (Lipinski definition) is 6. The number of aryl methyl sites for hydroxylation is 1. The number of aromatic nitrogens is 1. The van der Waals surface area contributed by atoms with Gasteiger partial charge in [-0.25, -0.2) is 4.90 Å². The van der Waals surface area contributed by atoms with Crippen LogP contribution in [-0.4, -0.2) is 27.5 Å². The molecule has 0 spiro atoms. The van der Waals surface area contributed by atoms with Gasteiger partial charge < -0.3 is 5.32 Å². The fraction of sp³-hybridized carbons (Fsp3) is 0.200. The first-order chi connectivity index (χ1) is 20.5. The lowest BCUT2D eigenvalue weighted by Gasteiger charge is -2.30. The van der Waals surface area contributed by atoms with Gasteiger partial charge in [-0.1, -0.05) is 81.5 Å². The number of imide groups is 1. The summed E-state index contributed by atoms with van der Waals surface area (Å²) in [4.78, 5) is 54.8. The van der Waals surface area contributed by atoms with Crippen molar-refractivity contribution >= 4 is 68.1 Å². The molecule has 1 saturated heterocycles. The van der Waals surface area contributed by atoms with Crippen molar-refractivity contribution in [2.75, 3.05) is 10.2 Å². The number of nitrogens with one attached hydrogen (secondary N) is 1. The number of nitrogens with zero attached hydrogens (tertiary/aromatic N) is 2. The SMILES string of the molecule is Cc1ccccc1NC(=O)Cn1c2c(sc1=O)C(c1ccc(Br)cc1)C1C(=O)N(c3ccccc3C(F)(F)F)C(=O)C1S2. The first kappa shape index (κ1) is 29.4. The minimum absolute atomic E-state index is 0.344. The van der Waals surface area contributed by atoms with Crippen LogP contribution in [0.5, 0.6) is 0 Å². The van der Waals surface area contributed by atoms with Crippen LogP contribution in [-0.2, 0) is 27.1 Å². The Kier molecular flexibility index (Phi) is 7.59. The summed E-state index contributed by atoms with van der Waals surface area (Å²) >= 11 is 5.19. The summed E-state index contributed by atoms with van der Waals surface area (Å²) in [5.41, 5.74) is 0.399. The lowest BCUT2D eigenvalue weighted by Crippen LogP contribution is -2.33. The van der Waals surface area contributed by atoms with Crippen LogP contribution < -0.4 is 15.1 Å². The molecule has 0 bridgehead atoms. The van der Waals surface area contributed by atoms with Gasteiger partial charge >= 0.3 is 11.0 Å². The molecule has 3 unspecified atom stereocenters. The summed E-state index contributed by atoms with van der Waals surface area (Å²) in [5.74, 6) is -3.91. The highest BCUT2D eigenvalue weighted by molar-refractivity contribution is 9.10. The molecule has 2 aliphatic rings. The summed E-state index contributed by atoms with van der Waals surface area (Å²) in [7, 11) is 0. The smallest absolute Gasteiger partial charge is 0.324 e. The van der Waals surface area contributed by atoms with Crippen molar-refractivity contribution < 1.29 is 27.6 Å². The van der Waals surface area contributed by atoms with E-state index in [9.17, 15) is 32.3 Å². The lowest BCUT2D eigenvalue weighted by atomic mass is 9.83. The summed E-state index contributed by atoms with van der Waals surface area (Å²) in [5, 5.41) is 2.03. The van der Waals surface area contributed by atoms with Crippen LogP contribution in [0.1, 0.15) is 27.5 Å². The number of fused-ring (bicyclic) bond motifs is 2. The predicted octanol–water partition coefficient (Wildman–Crippen LogP) is 6.43. The molecule has 2 aliphatic heterocycles. The molecule has 0 saturated carbocycles. The predicted molar refractivity (Wildman–Crippen MR) is 161 cm³/mol. The number of alkyl halides is 3. The zero-order valence-electron chi connectivity index (χ0n) is 22.2. The van der Waals surface area contributed by atoms with E-state index in [1.54, 1.807) is 36.4 Å². The van der Waals surface area contributed by atoms with Crippen molar-refractivity contribution in [2.45, 2.75) is 35.8 Å². The minimum atomic E-state index is -4.80. The van der Waals surface area contributed by atoms with Gasteiger partial charge in [0.05, 0.1) is 22.2 Å². The average molecular weight is 689 g/mol. The number of halogens is 4. The third-order valence-electron chi connectivity index (χ3n) is 7.45. The summed E-state index contributed by atoms with van der Waals surface area (Å²) in [6, 6.07) is 18.6. The summed E-state index contributed by atoms with van der Waals surface area (Å²) in [6.45, 7) is 1.48. The van der Waals surface area contributed by atoms with Gasteiger partial charge in [-0.15, -0.1) is 0 Å². The van der Waals surface area contributed by atoms with Gasteiger partial charge in [0.15, 0.2) is 0 Å². The maximum atomic E-state index is 14.0. The molecular formula is C30H21BrF3N3O4S2. The van der Waals surface area contributed by atoms with E-state index in [1.807, 2.05) is 19.1 Å². The maximum Gasteiger partial charge on any atom is 0.418 e. The van der Waals surface area contributed by atoms with Crippen molar-refractivity contribution in [3.63, 3.8) is 0 Å². The Morgan fingerprint density at radius 2 is 1.63 bits per heavy atom. The number of carbonyl (C=O) groups is 3. The van der Waals surface area contributed by atoms with Gasteiger partial charge in [-0.3, -0.25) is 23.7 Å². The van der Waals surface area contributed by atoms with Crippen LogP contribution in [0, 0.1) is 12.8 Å². The van der Waals surface area contributed by atoms with Crippen LogP contribution in [0.4, 0.5) is 24.5 Å². The standard InChI is InChI=1S/C30H21BrF3N3O4S2/c1-15-6-2-4-8-19(15)35-21(38)14-36-28-25(43-29(36)41)22(16-10-12-17(31)13-11-16)23-24(42-28)27(40)37(26(23)39)20-9-5-3-7-18(20)30(32,33)34/h2-13,22-24H,14H2,1H3,(H,35,38). The lowest BCUT2D eigenvalue weighted by molar-refractivity contribution is -0.137. The normalized spacial score (nSPS) is 19.7. The number of anilines is 2. The van der Waals surface area contributed by atoms with Crippen molar-refractivity contribution in [3.8, 4) is 0 Å². The van der Waals surface area contributed by atoms with Crippen molar-refractivity contribution in [2.24, 2.45) is 5.92 Å². The quantitative estimate of drug-likeness (QED) is 0.244. The monoisotopic (exact) mass is 687 g/mol. The molecule has 0 aliphatic carbocycles. The zero-order valence-corrected chi connectivity index (χ0v) is 25.4. The van der Waals surface area contributed by atoms with Gasteiger partial charge in [0.1, 0.15) is 11.8 Å². The van der Waals surface area contributed by atoms with E-state index in [1.165, 1.54) is 16.7 Å². The van der Waals surface area contributed by atoms with E-state index in [-0.39, 0.29) is 6.54 Å². The Bertz CT molecular complexity index is 1840. The first-order valence-electron chi connectivity index (χ1n) is 13.0. The maximum absolute atomic E-state index is 14.0. The van der Waals surface area contributed by atoms with Crippen LogP contribution in [0.25, 0.3) is 0 Å². The number of carbonyl (C=O) groups excluding carboxylic acids is 3. The summed E-state index contributed by atoms with van der Waals surface area (Å²) < 4.78 is 43.8. The van der Waals surface area contributed by atoms with Crippen LogP contribution in [0.2, 0.25) is 0 Å². The average Bonchev–Trinajstić information content (AvgIpc) is 3.40. The number of benzene rings is 3. The number of para-hydroxylation sites is 2. The Labute approximate surface area is 259 Å². The van der Waals surface area contributed by atoms with Crippen LogP contribution in [0.3, 0.4) is 0 Å². The molecule has 1 fully saturated rings. The molecule has 7 nitrogen and oxygen atoms in total. The second-order valence-corrected chi connectivity index (χ2v) is 13.1. The van der Waals surface area contributed by atoms with E-state index >= 15 is 0 Å². The number of rotatable bonds is 5. The first-order valence-corrected chi connectivity index (χ1v) is 15.5. The van der Waals surface area contributed by atoms with E-state index in [4.69, 9.17) is 0 Å². The van der Waals surface area contributed by atoms with Crippen LogP contribution in [0.15, 0.2) is 87.1 Å². The fourth-order valence-corrected chi connectivity index (χ4v) is 8.51. The van der Waals surface area contributed by atoms with Crippen molar-refractivity contribution in [1.82, 2.24) is 4.57 Å². The second-order valence-electron chi connectivity index (χ2n) is 10.1.